The van der Waals surface area contributed by atoms with Gasteiger partial charge in [-0.15, -0.1) is 0 Å². The lowest BCUT2D eigenvalue weighted by Gasteiger charge is -2.33. The Hall–Kier alpha value is -1.69. The molecule has 7 nitrogen and oxygen atoms in total. The van der Waals surface area contributed by atoms with Gasteiger partial charge in [0.25, 0.3) is 17.0 Å². The molecule has 4 rings (SSSR count). The highest BCUT2D eigenvalue weighted by molar-refractivity contribution is 9.11. The lowest BCUT2D eigenvalue weighted by Crippen LogP contribution is -2.58. The number of halogens is 3. The minimum absolute atomic E-state index is 0.203. The summed E-state index contributed by atoms with van der Waals surface area (Å²) < 4.78 is 9.54. The van der Waals surface area contributed by atoms with E-state index in [4.69, 9.17) is 9.84 Å². The standard InChI is InChI=1S/C21H17Br3N4O3S/c1-4-32-21-25-19(30)17-13-7-11(22)5-6-16(13)27(10(2)29)20(28(17)26-21)14-8-12(23)9-15(24)18(14)31-3/h5-9,20H,4H2,1-3H3. The molecule has 1 aliphatic heterocycles. The summed E-state index contributed by atoms with van der Waals surface area (Å²) in [4.78, 5) is 18.8. The molecule has 0 aliphatic carbocycles. The number of thioether (sulfide) groups is 1. The number of hydrogen-bond acceptors (Lipinski definition) is 6. The van der Waals surface area contributed by atoms with E-state index >= 15 is 0 Å². The minimum atomic E-state index is -0.758. The molecule has 1 aliphatic rings. The number of hydrogen-bond donors (Lipinski definition) is 0. The number of methoxy groups -OCH3 is 1. The molecule has 2 heterocycles. The zero-order valence-electron chi connectivity index (χ0n) is 17.2. The lowest BCUT2D eigenvalue weighted by atomic mass is 10.0. The van der Waals surface area contributed by atoms with Crippen LogP contribution in [-0.2, 0) is 4.79 Å². The van der Waals surface area contributed by atoms with Crippen molar-refractivity contribution in [1.29, 1.82) is 0 Å². The first kappa shape index (κ1) is 23.5. The van der Waals surface area contributed by atoms with Crippen LogP contribution in [0.5, 0.6) is 11.6 Å². The van der Waals surface area contributed by atoms with Gasteiger partial charge in [0.1, 0.15) is 5.75 Å². The van der Waals surface area contributed by atoms with Crippen LogP contribution in [0.1, 0.15) is 25.6 Å². The van der Waals surface area contributed by atoms with Gasteiger partial charge < -0.3 is 9.84 Å². The highest BCUT2D eigenvalue weighted by Crippen LogP contribution is 2.45. The molecule has 0 bridgehead atoms. The van der Waals surface area contributed by atoms with Crippen molar-refractivity contribution in [2.75, 3.05) is 17.8 Å². The molecule has 0 saturated carbocycles. The number of amides is 1. The maximum atomic E-state index is 13.2. The molecule has 11 heteroatoms. The molecule has 1 aromatic heterocycles. The number of carbonyl (C=O) groups excluding carboxylic acids is 1. The summed E-state index contributed by atoms with van der Waals surface area (Å²) >= 11 is 11.9. The van der Waals surface area contributed by atoms with Crippen molar-refractivity contribution in [3.8, 4) is 22.9 Å². The Morgan fingerprint density at radius 3 is 2.66 bits per heavy atom. The first-order valence-corrected chi connectivity index (χ1v) is 12.9. The van der Waals surface area contributed by atoms with E-state index in [2.05, 4.69) is 52.8 Å². The van der Waals surface area contributed by atoms with Crippen LogP contribution < -0.4 is 19.4 Å². The maximum Gasteiger partial charge on any atom is 0.296 e. The van der Waals surface area contributed by atoms with Crippen molar-refractivity contribution < 1.29 is 19.3 Å². The van der Waals surface area contributed by atoms with E-state index in [1.807, 2.05) is 31.2 Å². The number of benzene rings is 2. The molecule has 32 heavy (non-hydrogen) atoms. The van der Waals surface area contributed by atoms with Crippen LogP contribution in [0.25, 0.3) is 11.3 Å². The summed E-state index contributed by atoms with van der Waals surface area (Å²) in [6.45, 7) is 3.45. The van der Waals surface area contributed by atoms with Gasteiger partial charge in [0.15, 0.2) is 0 Å². The Morgan fingerprint density at radius 1 is 1.25 bits per heavy atom. The van der Waals surface area contributed by atoms with Crippen molar-refractivity contribution in [2.24, 2.45) is 0 Å². The third-order valence-corrected chi connectivity index (χ3v) is 7.16. The topological polar surface area (TPSA) is 82.3 Å². The second-order valence-corrected chi connectivity index (χ2v) is 10.8. The Bertz CT molecular complexity index is 1240. The Balaban J connectivity index is 2.13. The molecule has 3 aromatic rings. The summed E-state index contributed by atoms with van der Waals surface area (Å²) in [5.41, 5.74) is 2.15. The normalized spacial score (nSPS) is 14.7. The zero-order chi connectivity index (χ0) is 23.2. The molecule has 1 amide bonds. The van der Waals surface area contributed by atoms with E-state index < -0.39 is 12.0 Å². The summed E-state index contributed by atoms with van der Waals surface area (Å²) in [7, 11) is 1.56. The molecule has 0 saturated heterocycles. The van der Waals surface area contributed by atoms with Crippen molar-refractivity contribution in [3.05, 3.63) is 49.3 Å². The van der Waals surface area contributed by atoms with E-state index in [9.17, 15) is 9.90 Å². The van der Waals surface area contributed by atoms with Crippen molar-refractivity contribution in [2.45, 2.75) is 25.2 Å². The molecule has 1 unspecified atom stereocenters. The van der Waals surface area contributed by atoms with Crippen molar-refractivity contribution >= 4 is 71.1 Å². The first-order chi connectivity index (χ1) is 15.3. The average molecular weight is 645 g/mol. The number of fused-ring (bicyclic) bond motifs is 3. The fraction of sp³-hybridized carbons (Fsp3) is 0.238. The van der Waals surface area contributed by atoms with E-state index in [1.165, 1.54) is 18.7 Å². The summed E-state index contributed by atoms with van der Waals surface area (Å²) in [5.74, 6) is 0.634. The van der Waals surface area contributed by atoms with Crippen LogP contribution in [0, 0.1) is 0 Å². The van der Waals surface area contributed by atoms with Crippen LogP contribution >= 0.6 is 59.6 Å². The van der Waals surface area contributed by atoms with Crippen LogP contribution in [0.15, 0.2) is 48.9 Å². The molecule has 0 spiro atoms. The van der Waals surface area contributed by atoms with E-state index in [0.717, 1.165) is 8.95 Å². The van der Waals surface area contributed by atoms with Crippen molar-refractivity contribution in [1.82, 2.24) is 10.1 Å². The smallest absolute Gasteiger partial charge is 0.296 e. The zero-order valence-corrected chi connectivity index (χ0v) is 22.8. The van der Waals surface area contributed by atoms with Gasteiger partial charge in [0.05, 0.1) is 34.3 Å². The predicted molar refractivity (Wildman–Crippen MR) is 131 cm³/mol. The predicted octanol–water partition coefficient (Wildman–Crippen LogP) is 4.83. The third kappa shape index (κ3) is 4.04. The number of nitrogens with zero attached hydrogens (tertiary/aromatic N) is 4. The number of ether oxygens (including phenoxy) is 1. The molecular formula is C21H17Br3N4O3S. The number of aromatic nitrogens is 3. The molecule has 0 radical (unpaired) electrons. The third-order valence-electron chi connectivity index (χ3n) is 4.90. The highest BCUT2D eigenvalue weighted by atomic mass is 79.9. The van der Waals surface area contributed by atoms with E-state index in [0.29, 0.717) is 43.6 Å². The molecule has 1 atom stereocenters. The highest BCUT2D eigenvalue weighted by Gasteiger charge is 2.45. The van der Waals surface area contributed by atoms with Gasteiger partial charge >= 0.3 is 0 Å². The quantitative estimate of drug-likeness (QED) is 0.299. The largest absolute Gasteiger partial charge is 0.854 e. The monoisotopic (exact) mass is 642 g/mol. The molecule has 0 fully saturated rings. The maximum absolute atomic E-state index is 13.2. The van der Waals surface area contributed by atoms with Gasteiger partial charge in [0.2, 0.25) is 5.91 Å². The average Bonchev–Trinajstić information content (AvgIpc) is 2.72. The summed E-state index contributed by atoms with van der Waals surface area (Å²) in [6.07, 6.45) is -0.758. The van der Waals surface area contributed by atoms with Crippen LogP contribution in [-0.4, -0.2) is 28.9 Å². The SMILES string of the molecule is CCSc1nc([O-])c2[n+](n1)C(c1cc(Br)cc(Br)c1OC)N(C(C)=O)c1ccc(Br)cc1-2. The minimum Gasteiger partial charge on any atom is -0.854 e. The molecular weight excluding hydrogens is 628 g/mol. The Kier molecular flexibility index (Phi) is 6.81. The van der Waals surface area contributed by atoms with Gasteiger partial charge in [0, 0.05) is 21.0 Å². The second kappa shape index (κ2) is 9.28. The van der Waals surface area contributed by atoms with Gasteiger partial charge in [-0.25, -0.2) is 9.88 Å². The van der Waals surface area contributed by atoms with Crippen LogP contribution in [0.2, 0.25) is 0 Å². The fourth-order valence-corrected chi connectivity index (χ4v) is 6.09. The van der Waals surface area contributed by atoms with E-state index in [1.54, 1.807) is 22.8 Å². The first-order valence-electron chi connectivity index (χ1n) is 9.53. The Labute approximate surface area is 214 Å². The van der Waals surface area contributed by atoms with Crippen LogP contribution in [0.4, 0.5) is 5.69 Å². The van der Waals surface area contributed by atoms with Gasteiger partial charge in [-0.3, -0.25) is 4.79 Å². The molecule has 0 N–H and O–H groups in total. The molecule has 2 aromatic carbocycles. The van der Waals surface area contributed by atoms with Crippen molar-refractivity contribution in [3.63, 3.8) is 0 Å². The number of carbonyl (C=O) groups is 1. The molecule has 166 valence electrons. The van der Waals surface area contributed by atoms with Gasteiger partial charge in [-0.1, -0.05) is 55.2 Å². The van der Waals surface area contributed by atoms with Crippen LogP contribution in [0.3, 0.4) is 0 Å². The summed E-state index contributed by atoms with van der Waals surface area (Å²) in [6, 6.07) is 9.17. The number of rotatable bonds is 4. The fourth-order valence-electron chi connectivity index (χ4n) is 3.76. The lowest BCUT2D eigenvalue weighted by molar-refractivity contribution is -0.764. The van der Waals surface area contributed by atoms with E-state index in [-0.39, 0.29) is 5.91 Å². The van der Waals surface area contributed by atoms with Gasteiger partial charge in [-0.05, 0) is 52.0 Å². The number of anilines is 1. The van der Waals surface area contributed by atoms with Gasteiger partial charge in [-0.2, -0.15) is 0 Å². The second-order valence-electron chi connectivity index (χ2n) is 6.86. The Morgan fingerprint density at radius 2 is 2.00 bits per heavy atom. The summed E-state index contributed by atoms with van der Waals surface area (Å²) in [5, 5.41) is 18.3.